The van der Waals surface area contributed by atoms with Crippen LogP contribution in [-0.4, -0.2) is 52.1 Å². The third-order valence-corrected chi connectivity index (χ3v) is 5.43. The molecule has 5 heteroatoms. The van der Waals surface area contributed by atoms with Crippen LogP contribution >= 0.6 is 0 Å². The van der Waals surface area contributed by atoms with Crippen LogP contribution in [0.2, 0.25) is 0 Å². The predicted octanol–water partition coefficient (Wildman–Crippen LogP) is 2.56. The van der Waals surface area contributed by atoms with E-state index in [1.165, 1.54) is 0 Å². The van der Waals surface area contributed by atoms with E-state index in [-0.39, 0.29) is 6.03 Å². The van der Waals surface area contributed by atoms with E-state index >= 15 is 0 Å². The third-order valence-electron chi connectivity index (χ3n) is 5.43. The molecule has 20 heavy (non-hydrogen) atoms. The van der Waals surface area contributed by atoms with Crippen molar-refractivity contribution in [2.45, 2.75) is 58.4 Å². The second-order valence-electron chi connectivity index (χ2n) is 6.77. The van der Waals surface area contributed by atoms with Crippen molar-refractivity contribution < 1.29 is 14.7 Å². The van der Waals surface area contributed by atoms with Crippen molar-refractivity contribution in [1.82, 2.24) is 9.80 Å². The molecule has 0 radical (unpaired) electrons. The molecular formula is C15H26N2O3. The molecular weight excluding hydrogens is 256 g/mol. The first kappa shape index (κ1) is 15.1. The lowest BCUT2D eigenvalue weighted by Crippen LogP contribution is -2.56. The molecule has 0 aromatic heterocycles. The number of piperidine rings is 1. The summed E-state index contributed by atoms with van der Waals surface area (Å²) in [6.45, 7) is 8.18. The van der Waals surface area contributed by atoms with Crippen LogP contribution in [0.25, 0.3) is 0 Å². The largest absolute Gasteiger partial charge is 0.480 e. The third kappa shape index (κ3) is 2.50. The minimum Gasteiger partial charge on any atom is -0.480 e. The zero-order valence-electron chi connectivity index (χ0n) is 12.8. The number of carboxylic acids is 1. The summed E-state index contributed by atoms with van der Waals surface area (Å²) in [6, 6.07) is -0.0921. The van der Waals surface area contributed by atoms with Crippen LogP contribution in [0, 0.1) is 5.41 Å². The van der Waals surface area contributed by atoms with Crippen molar-refractivity contribution in [3.8, 4) is 0 Å². The molecule has 0 aromatic carbocycles. The van der Waals surface area contributed by atoms with Crippen LogP contribution in [0.15, 0.2) is 0 Å². The molecule has 1 atom stereocenters. The Hall–Kier alpha value is -1.26. The van der Waals surface area contributed by atoms with Crippen molar-refractivity contribution in [3.05, 3.63) is 0 Å². The quantitative estimate of drug-likeness (QED) is 0.846. The van der Waals surface area contributed by atoms with Gasteiger partial charge in [0.1, 0.15) is 5.54 Å². The van der Waals surface area contributed by atoms with Crippen LogP contribution in [0.4, 0.5) is 4.79 Å². The molecule has 2 aliphatic rings. The van der Waals surface area contributed by atoms with Gasteiger partial charge in [0.15, 0.2) is 0 Å². The highest BCUT2D eigenvalue weighted by Crippen LogP contribution is 2.36. The Morgan fingerprint density at radius 3 is 2.20 bits per heavy atom. The first-order valence-electron chi connectivity index (χ1n) is 7.62. The maximum Gasteiger partial charge on any atom is 0.329 e. The number of amides is 2. The zero-order chi connectivity index (χ0) is 15.0. The van der Waals surface area contributed by atoms with Crippen LogP contribution in [0.5, 0.6) is 0 Å². The van der Waals surface area contributed by atoms with Gasteiger partial charge in [-0.25, -0.2) is 9.59 Å². The van der Waals surface area contributed by atoms with Gasteiger partial charge >= 0.3 is 12.0 Å². The molecule has 1 unspecified atom stereocenters. The normalized spacial score (nSPS) is 29.6. The van der Waals surface area contributed by atoms with Gasteiger partial charge in [-0.15, -0.1) is 0 Å². The predicted molar refractivity (Wildman–Crippen MR) is 76.6 cm³/mol. The topological polar surface area (TPSA) is 60.9 Å². The maximum atomic E-state index is 12.6. The Balaban J connectivity index is 2.04. The van der Waals surface area contributed by atoms with E-state index in [0.29, 0.717) is 18.4 Å². The van der Waals surface area contributed by atoms with E-state index in [0.717, 1.165) is 38.8 Å². The Labute approximate surface area is 120 Å². The van der Waals surface area contributed by atoms with Crippen molar-refractivity contribution in [2.75, 3.05) is 19.6 Å². The van der Waals surface area contributed by atoms with E-state index in [2.05, 4.69) is 13.8 Å². The molecule has 0 aromatic rings. The molecule has 0 spiro atoms. The standard InChI is InChI=1S/C15H26N2O3/c1-4-14(2)7-10-16(11-8-14)13(20)17-9-5-6-15(17,3)12(18)19/h4-11H2,1-3H3,(H,18,19). The van der Waals surface area contributed by atoms with E-state index in [1.807, 2.05) is 4.90 Å². The van der Waals surface area contributed by atoms with Gasteiger partial charge in [0, 0.05) is 19.6 Å². The molecule has 2 aliphatic heterocycles. The van der Waals surface area contributed by atoms with Gasteiger partial charge in [0.2, 0.25) is 0 Å². The van der Waals surface area contributed by atoms with E-state index < -0.39 is 11.5 Å². The van der Waals surface area contributed by atoms with Gasteiger partial charge in [-0.3, -0.25) is 0 Å². The van der Waals surface area contributed by atoms with Gasteiger partial charge in [-0.05, 0) is 38.0 Å². The molecule has 114 valence electrons. The monoisotopic (exact) mass is 282 g/mol. The van der Waals surface area contributed by atoms with E-state index in [4.69, 9.17) is 0 Å². The summed E-state index contributed by atoms with van der Waals surface area (Å²) in [5.41, 5.74) is -0.694. The zero-order valence-corrected chi connectivity index (χ0v) is 12.8. The Morgan fingerprint density at radius 1 is 1.10 bits per heavy atom. The number of nitrogens with zero attached hydrogens (tertiary/aromatic N) is 2. The number of urea groups is 1. The highest BCUT2D eigenvalue weighted by atomic mass is 16.4. The number of rotatable bonds is 2. The summed E-state index contributed by atoms with van der Waals surface area (Å²) in [6.07, 6.45) is 4.47. The van der Waals surface area contributed by atoms with Crippen LogP contribution in [-0.2, 0) is 4.79 Å². The maximum absolute atomic E-state index is 12.6. The number of likely N-dealkylation sites (tertiary alicyclic amines) is 2. The van der Waals surface area contributed by atoms with Gasteiger partial charge in [0.25, 0.3) is 0 Å². The summed E-state index contributed by atoms with van der Waals surface area (Å²) in [4.78, 5) is 27.5. The van der Waals surface area contributed by atoms with Gasteiger partial charge in [0.05, 0.1) is 0 Å². The van der Waals surface area contributed by atoms with Crippen molar-refractivity contribution in [1.29, 1.82) is 0 Å². The van der Waals surface area contributed by atoms with Crippen molar-refractivity contribution in [3.63, 3.8) is 0 Å². The molecule has 0 saturated carbocycles. The first-order chi connectivity index (χ1) is 9.32. The summed E-state index contributed by atoms with van der Waals surface area (Å²) in [5.74, 6) is -0.890. The SMILES string of the molecule is CCC1(C)CCN(C(=O)N2CCCC2(C)C(=O)O)CC1. The minimum absolute atomic E-state index is 0.0921. The Bertz CT molecular complexity index is 402. The fourth-order valence-electron chi connectivity index (χ4n) is 3.25. The van der Waals surface area contributed by atoms with Crippen LogP contribution in [0.3, 0.4) is 0 Å². The molecule has 0 aliphatic carbocycles. The summed E-state index contributed by atoms with van der Waals surface area (Å²) >= 11 is 0. The summed E-state index contributed by atoms with van der Waals surface area (Å²) in [7, 11) is 0. The first-order valence-corrected chi connectivity index (χ1v) is 7.62. The summed E-state index contributed by atoms with van der Waals surface area (Å²) < 4.78 is 0. The van der Waals surface area contributed by atoms with Crippen LogP contribution in [0.1, 0.15) is 52.9 Å². The van der Waals surface area contributed by atoms with E-state index in [1.54, 1.807) is 11.8 Å². The smallest absolute Gasteiger partial charge is 0.329 e. The molecule has 1 N–H and O–H groups in total. The second kappa shape index (κ2) is 5.26. The highest BCUT2D eigenvalue weighted by molar-refractivity contribution is 5.86. The number of hydrogen-bond acceptors (Lipinski definition) is 2. The number of hydrogen-bond donors (Lipinski definition) is 1. The molecule has 2 amide bonds. The lowest BCUT2D eigenvalue weighted by Gasteiger charge is -2.42. The molecule has 2 saturated heterocycles. The Morgan fingerprint density at radius 2 is 1.70 bits per heavy atom. The number of carboxylic acid groups (broad SMARTS) is 1. The number of aliphatic carboxylic acids is 1. The van der Waals surface area contributed by atoms with Crippen LogP contribution < -0.4 is 0 Å². The average molecular weight is 282 g/mol. The highest BCUT2D eigenvalue weighted by Gasteiger charge is 2.47. The Kier molecular flexibility index (Phi) is 3.98. The second-order valence-corrected chi connectivity index (χ2v) is 6.77. The van der Waals surface area contributed by atoms with Gasteiger partial charge in [-0.2, -0.15) is 0 Å². The van der Waals surface area contributed by atoms with Gasteiger partial charge in [-0.1, -0.05) is 20.3 Å². The summed E-state index contributed by atoms with van der Waals surface area (Å²) in [5, 5.41) is 9.40. The number of carbonyl (C=O) groups is 2. The average Bonchev–Trinajstić information content (AvgIpc) is 2.82. The van der Waals surface area contributed by atoms with Crippen molar-refractivity contribution in [2.24, 2.45) is 5.41 Å². The molecule has 0 bridgehead atoms. The van der Waals surface area contributed by atoms with Crippen molar-refractivity contribution >= 4 is 12.0 Å². The fourth-order valence-corrected chi connectivity index (χ4v) is 3.25. The molecule has 2 rings (SSSR count). The minimum atomic E-state index is -1.03. The van der Waals surface area contributed by atoms with E-state index in [9.17, 15) is 14.7 Å². The number of carbonyl (C=O) groups excluding carboxylic acids is 1. The lowest BCUT2D eigenvalue weighted by molar-refractivity contribution is -0.147. The van der Waals surface area contributed by atoms with Gasteiger partial charge < -0.3 is 14.9 Å². The molecule has 5 nitrogen and oxygen atoms in total. The fraction of sp³-hybridized carbons (Fsp3) is 0.867. The lowest BCUT2D eigenvalue weighted by atomic mass is 9.78. The molecule has 2 fully saturated rings. The molecule has 2 heterocycles.